The molecule has 1 N–H and O–H groups in total. The molecule has 0 saturated carbocycles. The van der Waals surface area contributed by atoms with Crippen LogP contribution in [-0.4, -0.2) is 24.8 Å². The van der Waals surface area contributed by atoms with Crippen molar-refractivity contribution in [2.45, 2.75) is 51.9 Å². The van der Waals surface area contributed by atoms with Gasteiger partial charge >= 0.3 is 0 Å². The molecule has 11 heavy (non-hydrogen) atoms. The molecular formula is C9H19NO. The fourth-order valence-electron chi connectivity index (χ4n) is 1.40. The Morgan fingerprint density at radius 2 is 2.18 bits per heavy atom. The van der Waals surface area contributed by atoms with E-state index in [-0.39, 0.29) is 0 Å². The smallest absolute Gasteiger partial charge is 0.0704 e. The lowest BCUT2D eigenvalue weighted by atomic mass is 10.2. The molecule has 0 bridgehead atoms. The fraction of sp³-hybridized carbons (Fsp3) is 1.00. The third-order valence-corrected chi connectivity index (χ3v) is 2.07. The average molecular weight is 157 g/mol. The molecule has 0 spiro atoms. The van der Waals surface area contributed by atoms with Gasteiger partial charge in [-0.3, -0.25) is 0 Å². The number of nitrogens with one attached hydrogen (secondary N) is 1. The van der Waals surface area contributed by atoms with Gasteiger partial charge in [0, 0.05) is 12.6 Å². The largest absolute Gasteiger partial charge is 0.374 e. The van der Waals surface area contributed by atoms with Crippen LogP contribution in [0.2, 0.25) is 0 Å². The molecule has 2 nitrogen and oxygen atoms in total. The standard InChI is InChI=1S/C9H19NO/c1-7(2)10-6-9-5-4-8(3)11-9/h7-10H,4-6H2,1-3H3. The molecule has 0 amide bonds. The molecule has 66 valence electrons. The number of hydrogen-bond acceptors (Lipinski definition) is 2. The van der Waals surface area contributed by atoms with E-state index in [0.29, 0.717) is 18.2 Å². The molecule has 0 aromatic heterocycles. The van der Waals surface area contributed by atoms with Crippen molar-refractivity contribution in [1.82, 2.24) is 5.32 Å². The van der Waals surface area contributed by atoms with Gasteiger partial charge in [-0.05, 0) is 19.8 Å². The van der Waals surface area contributed by atoms with Gasteiger partial charge in [0.1, 0.15) is 0 Å². The van der Waals surface area contributed by atoms with Crippen molar-refractivity contribution in [3.63, 3.8) is 0 Å². The molecule has 2 atom stereocenters. The Balaban J connectivity index is 2.08. The summed E-state index contributed by atoms with van der Waals surface area (Å²) < 4.78 is 5.65. The summed E-state index contributed by atoms with van der Waals surface area (Å²) in [5, 5.41) is 3.38. The van der Waals surface area contributed by atoms with Crippen molar-refractivity contribution in [2.24, 2.45) is 0 Å². The minimum atomic E-state index is 0.465. The Hall–Kier alpha value is -0.0800. The minimum absolute atomic E-state index is 0.465. The molecule has 1 rings (SSSR count). The molecule has 1 heterocycles. The van der Waals surface area contributed by atoms with Crippen LogP contribution in [0.25, 0.3) is 0 Å². The molecule has 1 aliphatic rings. The maximum absolute atomic E-state index is 5.65. The van der Waals surface area contributed by atoms with E-state index in [4.69, 9.17) is 4.74 Å². The predicted octanol–water partition coefficient (Wildman–Crippen LogP) is 1.55. The second-order valence-electron chi connectivity index (χ2n) is 3.71. The number of ether oxygens (including phenoxy) is 1. The van der Waals surface area contributed by atoms with Crippen molar-refractivity contribution < 1.29 is 4.74 Å². The third-order valence-electron chi connectivity index (χ3n) is 2.07. The second kappa shape index (κ2) is 4.07. The van der Waals surface area contributed by atoms with Crippen LogP contribution in [0.1, 0.15) is 33.6 Å². The molecule has 0 aliphatic carbocycles. The SMILES string of the molecule is CC(C)NCC1CCC(C)O1. The summed E-state index contributed by atoms with van der Waals surface area (Å²) in [5.74, 6) is 0. The minimum Gasteiger partial charge on any atom is -0.374 e. The van der Waals surface area contributed by atoms with Crippen molar-refractivity contribution in [3.8, 4) is 0 Å². The molecule has 0 aromatic rings. The average Bonchev–Trinajstić information content (AvgIpc) is 2.31. The highest BCUT2D eigenvalue weighted by Gasteiger charge is 2.20. The summed E-state index contributed by atoms with van der Waals surface area (Å²) in [6, 6.07) is 0.578. The van der Waals surface area contributed by atoms with Gasteiger partial charge in [0.2, 0.25) is 0 Å². The van der Waals surface area contributed by atoms with E-state index in [1.807, 2.05) is 0 Å². The van der Waals surface area contributed by atoms with Gasteiger partial charge in [0.15, 0.2) is 0 Å². The zero-order valence-corrected chi connectivity index (χ0v) is 7.76. The first-order valence-corrected chi connectivity index (χ1v) is 4.57. The highest BCUT2D eigenvalue weighted by molar-refractivity contribution is 4.72. The Morgan fingerprint density at radius 1 is 1.45 bits per heavy atom. The van der Waals surface area contributed by atoms with Crippen LogP contribution in [0.4, 0.5) is 0 Å². The summed E-state index contributed by atoms with van der Waals surface area (Å²) in [6.45, 7) is 7.49. The van der Waals surface area contributed by atoms with Gasteiger partial charge in [-0.15, -0.1) is 0 Å². The molecule has 0 aromatic carbocycles. The van der Waals surface area contributed by atoms with Crippen LogP contribution in [0, 0.1) is 0 Å². The van der Waals surface area contributed by atoms with E-state index in [0.717, 1.165) is 6.54 Å². The van der Waals surface area contributed by atoms with Gasteiger partial charge in [0.05, 0.1) is 12.2 Å². The van der Waals surface area contributed by atoms with Crippen LogP contribution in [-0.2, 0) is 4.74 Å². The van der Waals surface area contributed by atoms with Crippen LogP contribution in [0.3, 0.4) is 0 Å². The van der Waals surface area contributed by atoms with Gasteiger partial charge in [-0.1, -0.05) is 13.8 Å². The first-order valence-electron chi connectivity index (χ1n) is 4.57. The Morgan fingerprint density at radius 3 is 2.64 bits per heavy atom. The topological polar surface area (TPSA) is 21.3 Å². The first kappa shape index (κ1) is 9.01. The highest BCUT2D eigenvalue weighted by atomic mass is 16.5. The first-order chi connectivity index (χ1) is 5.18. The lowest BCUT2D eigenvalue weighted by Gasteiger charge is -2.13. The van der Waals surface area contributed by atoms with Crippen LogP contribution in [0.5, 0.6) is 0 Å². The van der Waals surface area contributed by atoms with E-state index in [1.54, 1.807) is 0 Å². The summed E-state index contributed by atoms with van der Waals surface area (Å²) >= 11 is 0. The van der Waals surface area contributed by atoms with Crippen LogP contribution in [0.15, 0.2) is 0 Å². The monoisotopic (exact) mass is 157 g/mol. The Labute approximate surface area is 69.3 Å². The number of hydrogen-bond donors (Lipinski definition) is 1. The van der Waals surface area contributed by atoms with E-state index in [9.17, 15) is 0 Å². The number of rotatable bonds is 3. The van der Waals surface area contributed by atoms with Crippen molar-refractivity contribution in [1.29, 1.82) is 0 Å². The highest BCUT2D eigenvalue weighted by Crippen LogP contribution is 2.18. The molecule has 1 saturated heterocycles. The molecule has 1 aliphatic heterocycles. The maximum atomic E-state index is 5.65. The third kappa shape index (κ3) is 3.21. The van der Waals surface area contributed by atoms with Crippen LogP contribution < -0.4 is 5.32 Å². The van der Waals surface area contributed by atoms with Crippen molar-refractivity contribution >= 4 is 0 Å². The van der Waals surface area contributed by atoms with Crippen LogP contribution >= 0.6 is 0 Å². The van der Waals surface area contributed by atoms with Crippen molar-refractivity contribution in [2.75, 3.05) is 6.54 Å². The summed E-state index contributed by atoms with van der Waals surface area (Å²) in [6.07, 6.45) is 3.40. The van der Waals surface area contributed by atoms with Gasteiger partial charge in [-0.25, -0.2) is 0 Å². The summed E-state index contributed by atoms with van der Waals surface area (Å²) in [4.78, 5) is 0. The Kier molecular flexibility index (Phi) is 3.34. The van der Waals surface area contributed by atoms with Gasteiger partial charge in [-0.2, -0.15) is 0 Å². The second-order valence-corrected chi connectivity index (χ2v) is 3.71. The van der Waals surface area contributed by atoms with E-state index >= 15 is 0 Å². The lowest BCUT2D eigenvalue weighted by molar-refractivity contribution is 0.0550. The molecule has 2 unspecified atom stereocenters. The van der Waals surface area contributed by atoms with E-state index in [1.165, 1.54) is 12.8 Å². The van der Waals surface area contributed by atoms with Gasteiger partial charge in [0.25, 0.3) is 0 Å². The normalized spacial score (nSPS) is 31.6. The maximum Gasteiger partial charge on any atom is 0.0704 e. The predicted molar refractivity (Wildman–Crippen MR) is 46.7 cm³/mol. The Bertz CT molecular complexity index is 114. The lowest BCUT2D eigenvalue weighted by Crippen LogP contribution is -2.31. The van der Waals surface area contributed by atoms with Crippen molar-refractivity contribution in [3.05, 3.63) is 0 Å². The summed E-state index contributed by atoms with van der Waals surface area (Å²) in [5.41, 5.74) is 0. The molecular weight excluding hydrogens is 138 g/mol. The quantitative estimate of drug-likeness (QED) is 0.671. The molecule has 1 fully saturated rings. The molecule has 0 radical (unpaired) electrons. The van der Waals surface area contributed by atoms with E-state index in [2.05, 4.69) is 26.1 Å². The van der Waals surface area contributed by atoms with E-state index < -0.39 is 0 Å². The van der Waals surface area contributed by atoms with Gasteiger partial charge < -0.3 is 10.1 Å². The summed E-state index contributed by atoms with van der Waals surface area (Å²) in [7, 11) is 0. The zero-order chi connectivity index (χ0) is 8.27. The zero-order valence-electron chi connectivity index (χ0n) is 7.76. The molecule has 2 heteroatoms. The fourth-order valence-corrected chi connectivity index (χ4v) is 1.40.